The lowest BCUT2D eigenvalue weighted by molar-refractivity contribution is -0.0814. The number of carbonyl (C=O) groups is 1. The Labute approximate surface area is 248 Å². The van der Waals surface area contributed by atoms with E-state index in [2.05, 4.69) is 36.4 Å². The number of amides is 1. The minimum atomic E-state index is -0.494. The summed E-state index contributed by atoms with van der Waals surface area (Å²) >= 11 is 0. The largest absolute Gasteiger partial charge is 0.468 e. The molecule has 220 valence electrons. The Balaban J connectivity index is 1.14. The van der Waals surface area contributed by atoms with Crippen molar-refractivity contribution in [2.24, 2.45) is 7.05 Å². The van der Waals surface area contributed by atoms with Gasteiger partial charge in [-0.05, 0) is 31.2 Å². The summed E-state index contributed by atoms with van der Waals surface area (Å²) in [6, 6.07) is 11.5. The first-order valence-corrected chi connectivity index (χ1v) is 14.1. The Morgan fingerprint density at radius 2 is 1.84 bits per heavy atom. The van der Waals surface area contributed by atoms with Crippen molar-refractivity contribution < 1.29 is 19.0 Å². The molecule has 1 aliphatic carbocycles. The van der Waals surface area contributed by atoms with Gasteiger partial charge in [-0.1, -0.05) is 30.3 Å². The Morgan fingerprint density at radius 3 is 2.49 bits per heavy atom. The molecule has 3 aromatic heterocycles. The van der Waals surface area contributed by atoms with Gasteiger partial charge in [0.1, 0.15) is 24.3 Å². The minimum Gasteiger partial charge on any atom is -0.468 e. The number of carbonyl (C=O) groups excluding carboxylic acids is 1. The maximum atomic E-state index is 13.5. The summed E-state index contributed by atoms with van der Waals surface area (Å²) in [5, 5.41) is 17.0. The minimum absolute atomic E-state index is 0.0696. The van der Waals surface area contributed by atoms with Crippen LogP contribution in [0.15, 0.2) is 61.3 Å². The molecule has 1 saturated carbocycles. The van der Waals surface area contributed by atoms with Crippen molar-refractivity contribution in [3.63, 3.8) is 0 Å². The zero-order valence-corrected chi connectivity index (χ0v) is 23.7. The summed E-state index contributed by atoms with van der Waals surface area (Å²) in [6.45, 7) is 1.10. The number of nitrogens with zero attached hydrogens (tertiary/aromatic N) is 8. The summed E-state index contributed by atoms with van der Waals surface area (Å²) in [5.74, 6) is 0.937. The second-order valence-corrected chi connectivity index (χ2v) is 10.5. The molecule has 0 bridgehead atoms. The molecule has 1 N–H and O–H groups in total. The standard InChI is InChI=1S/C30H31N9O4/c1-38-16-23(15-35-38)22-13-33-29(34-14-22)39(30(40)42-17-20-5-3-2-4-6-20)25-9-7-24(8-10-25)36-28-32-12-21(11-31)27(37-28)43-26-18-41-19-26/h2-6,12-16,24-26H,7-10,17-19H2,1H3,(H,32,36,37)/t24-,25-. The van der Waals surface area contributed by atoms with Gasteiger partial charge in [0, 0.05) is 48.8 Å². The monoisotopic (exact) mass is 581 g/mol. The number of anilines is 2. The van der Waals surface area contributed by atoms with Crippen LogP contribution in [-0.4, -0.2) is 67.2 Å². The highest BCUT2D eigenvalue weighted by atomic mass is 16.6. The van der Waals surface area contributed by atoms with Crippen LogP contribution in [0.5, 0.6) is 5.88 Å². The molecule has 0 atom stereocenters. The number of rotatable bonds is 9. The Kier molecular flexibility index (Phi) is 8.37. The number of aromatic nitrogens is 6. The van der Waals surface area contributed by atoms with E-state index in [1.807, 2.05) is 43.6 Å². The van der Waals surface area contributed by atoms with E-state index in [9.17, 15) is 10.1 Å². The Hall–Kier alpha value is -5.09. The van der Waals surface area contributed by atoms with E-state index in [-0.39, 0.29) is 36.2 Å². The van der Waals surface area contributed by atoms with Gasteiger partial charge in [-0.15, -0.1) is 0 Å². The van der Waals surface area contributed by atoms with Gasteiger partial charge in [-0.2, -0.15) is 15.3 Å². The predicted octanol–water partition coefficient (Wildman–Crippen LogP) is 3.88. The smallest absolute Gasteiger partial charge is 0.417 e. The zero-order valence-electron chi connectivity index (χ0n) is 23.7. The van der Waals surface area contributed by atoms with Gasteiger partial charge in [0.05, 0.1) is 25.6 Å². The first-order chi connectivity index (χ1) is 21.1. The maximum absolute atomic E-state index is 13.5. The molecule has 2 fully saturated rings. The predicted molar refractivity (Wildman–Crippen MR) is 155 cm³/mol. The molecule has 4 aromatic rings. The Morgan fingerprint density at radius 1 is 1.07 bits per heavy atom. The molecule has 1 amide bonds. The number of ether oxygens (including phenoxy) is 3. The molecule has 4 heterocycles. The fraction of sp³-hybridized carbons (Fsp3) is 0.367. The Bertz CT molecular complexity index is 1580. The molecule has 13 nitrogen and oxygen atoms in total. The summed E-state index contributed by atoms with van der Waals surface area (Å²) in [4.78, 5) is 32.9. The van der Waals surface area contributed by atoms with Crippen LogP contribution in [0.3, 0.4) is 0 Å². The number of benzene rings is 1. The topological polar surface area (TPSA) is 153 Å². The van der Waals surface area contributed by atoms with Crippen LogP contribution >= 0.6 is 0 Å². The molecule has 43 heavy (non-hydrogen) atoms. The first-order valence-electron chi connectivity index (χ1n) is 14.1. The number of aryl methyl sites for hydroxylation is 1. The molecule has 1 saturated heterocycles. The third-order valence-corrected chi connectivity index (χ3v) is 7.45. The lowest BCUT2D eigenvalue weighted by Gasteiger charge is -2.35. The van der Waals surface area contributed by atoms with Crippen LogP contribution in [0.4, 0.5) is 16.7 Å². The SMILES string of the molecule is Cn1cc(-c2cnc(N(C(=O)OCc3ccccc3)[C@H]3CC[C@H](Nc4ncc(C#N)c(OC5COC5)n4)CC3)nc2)cn1. The van der Waals surface area contributed by atoms with Crippen LogP contribution in [-0.2, 0) is 23.1 Å². The van der Waals surface area contributed by atoms with Crippen molar-refractivity contribution in [3.8, 4) is 23.1 Å². The van der Waals surface area contributed by atoms with Crippen molar-refractivity contribution >= 4 is 18.0 Å². The van der Waals surface area contributed by atoms with E-state index >= 15 is 0 Å². The van der Waals surface area contributed by atoms with Crippen molar-refractivity contribution in [3.05, 3.63) is 72.4 Å². The third kappa shape index (κ3) is 6.70. The lowest BCUT2D eigenvalue weighted by Crippen LogP contribution is -2.45. The average molecular weight is 582 g/mol. The third-order valence-electron chi connectivity index (χ3n) is 7.45. The molecule has 0 radical (unpaired) electrons. The fourth-order valence-corrected chi connectivity index (χ4v) is 5.05. The van der Waals surface area contributed by atoms with Crippen LogP contribution < -0.4 is 15.0 Å². The zero-order chi connectivity index (χ0) is 29.6. The fourth-order valence-electron chi connectivity index (χ4n) is 5.05. The van der Waals surface area contributed by atoms with Gasteiger partial charge in [0.2, 0.25) is 17.8 Å². The van der Waals surface area contributed by atoms with Crippen LogP contribution in [0.1, 0.15) is 36.8 Å². The van der Waals surface area contributed by atoms with Crippen LogP contribution in [0.2, 0.25) is 0 Å². The van der Waals surface area contributed by atoms with Gasteiger partial charge in [-0.25, -0.2) is 24.6 Å². The number of hydrogen-bond acceptors (Lipinski definition) is 11. The van der Waals surface area contributed by atoms with E-state index < -0.39 is 6.09 Å². The van der Waals surface area contributed by atoms with E-state index in [1.54, 1.807) is 28.2 Å². The molecule has 0 spiro atoms. The quantitative estimate of drug-likeness (QED) is 0.306. The van der Waals surface area contributed by atoms with Gasteiger partial charge >= 0.3 is 6.09 Å². The van der Waals surface area contributed by atoms with Crippen LogP contribution in [0.25, 0.3) is 11.1 Å². The second kappa shape index (κ2) is 12.8. The normalized spacial score (nSPS) is 18.2. The summed E-state index contributed by atoms with van der Waals surface area (Å²) in [5.41, 5.74) is 2.86. The molecular weight excluding hydrogens is 550 g/mol. The van der Waals surface area contributed by atoms with E-state index in [4.69, 9.17) is 14.2 Å². The van der Waals surface area contributed by atoms with Gasteiger partial charge in [0.25, 0.3) is 0 Å². The average Bonchev–Trinajstić information content (AvgIpc) is 3.46. The maximum Gasteiger partial charge on any atom is 0.417 e. The molecule has 1 aromatic carbocycles. The summed E-state index contributed by atoms with van der Waals surface area (Å²) in [6.07, 6.45) is 10.7. The number of nitriles is 1. The van der Waals surface area contributed by atoms with Crippen molar-refractivity contribution in [1.29, 1.82) is 5.26 Å². The summed E-state index contributed by atoms with van der Waals surface area (Å²) in [7, 11) is 1.85. The molecule has 1 aliphatic heterocycles. The first kappa shape index (κ1) is 28.0. The van der Waals surface area contributed by atoms with Crippen molar-refractivity contribution in [1.82, 2.24) is 29.7 Å². The highest BCUT2D eigenvalue weighted by Gasteiger charge is 2.33. The molecular formula is C30H31N9O4. The van der Waals surface area contributed by atoms with E-state index in [0.717, 1.165) is 29.5 Å². The van der Waals surface area contributed by atoms with Crippen LogP contribution in [0, 0.1) is 11.3 Å². The molecule has 2 aliphatic rings. The van der Waals surface area contributed by atoms with Crippen molar-refractivity contribution in [2.45, 2.75) is 50.5 Å². The molecule has 6 rings (SSSR count). The highest BCUT2D eigenvalue weighted by Crippen LogP contribution is 2.29. The number of nitrogens with one attached hydrogen (secondary N) is 1. The summed E-state index contributed by atoms with van der Waals surface area (Å²) < 4.78 is 18.4. The number of hydrogen-bond donors (Lipinski definition) is 1. The van der Waals surface area contributed by atoms with E-state index in [0.29, 0.717) is 38.0 Å². The van der Waals surface area contributed by atoms with Gasteiger partial charge in [-0.3, -0.25) is 4.68 Å². The van der Waals surface area contributed by atoms with E-state index in [1.165, 1.54) is 6.20 Å². The molecule has 0 unspecified atom stereocenters. The molecule has 13 heteroatoms. The van der Waals surface area contributed by atoms with Gasteiger partial charge in [0.15, 0.2) is 0 Å². The lowest BCUT2D eigenvalue weighted by atomic mass is 9.90. The highest BCUT2D eigenvalue weighted by molar-refractivity contribution is 5.86. The van der Waals surface area contributed by atoms with Gasteiger partial charge < -0.3 is 19.5 Å². The second-order valence-electron chi connectivity index (χ2n) is 10.5. The van der Waals surface area contributed by atoms with Crippen molar-refractivity contribution in [2.75, 3.05) is 23.4 Å².